The highest BCUT2D eigenvalue weighted by Crippen LogP contribution is 2.43. The number of fused-ring (bicyclic) bond motifs is 2. The highest BCUT2D eigenvalue weighted by Gasteiger charge is 2.22. The minimum atomic E-state index is -1.57. The topological polar surface area (TPSA) is 35.5 Å². The lowest BCUT2D eigenvalue weighted by Gasteiger charge is -2.20. The van der Waals surface area contributed by atoms with Crippen LogP contribution in [0.15, 0.2) is 71.6 Å². The third-order valence-electron chi connectivity index (χ3n) is 5.61. The predicted octanol–water partition coefficient (Wildman–Crippen LogP) is 6.27. The summed E-state index contributed by atoms with van der Waals surface area (Å²) >= 11 is -1.57. The van der Waals surface area contributed by atoms with Crippen molar-refractivity contribution in [3.8, 4) is 16.9 Å². The molecular weight excluding hydrogens is 420 g/mol. The third-order valence-corrected chi connectivity index (χ3v) is 8.80. The van der Waals surface area contributed by atoms with Gasteiger partial charge in [-0.3, -0.25) is 4.18 Å². The fourth-order valence-electron chi connectivity index (χ4n) is 4.02. The molecule has 0 spiro atoms. The number of ether oxygens (including phenoxy) is 1. The van der Waals surface area contributed by atoms with Gasteiger partial charge < -0.3 is 4.74 Å². The van der Waals surface area contributed by atoms with Gasteiger partial charge in [-0.1, -0.05) is 79.4 Å². The molecule has 4 aromatic carbocycles. The summed E-state index contributed by atoms with van der Waals surface area (Å²) in [5.41, 5.74) is 1.87. The molecule has 4 rings (SSSR count). The van der Waals surface area contributed by atoms with Crippen molar-refractivity contribution in [2.75, 3.05) is 13.7 Å². The van der Waals surface area contributed by atoms with Gasteiger partial charge in [0.1, 0.15) is 5.75 Å². The zero-order valence-electron chi connectivity index (χ0n) is 18.7. The lowest BCUT2D eigenvalue weighted by molar-refractivity contribution is 0.372. The average Bonchev–Trinajstić information content (AvgIpc) is 2.76. The van der Waals surface area contributed by atoms with Gasteiger partial charge in [-0.05, 0) is 40.6 Å². The van der Waals surface area contributed by atoms with Gasteiger partial charge in [0.25, 0.3) is 0 Å². The molecule has 0 aliphatic carbocycles. The van der Waals surface area contributed by atoms with Crippen molar-refractivity contribution >= 4 is 45.9 Å². The maximum atomic E-state index is 13.1. The van der Waals surface area contributed by atoms with Crippen LogP contribution in [-0.4, -0.2) is 26.0 Å². The van der Waals surface area contributed by atoms with Gasteiger partial charge in [0.15, 0.2) is 11.1 Å². The summed E-state index contributed by atoms with van der Waals surface area (Å²) in [4.78, 5) is 0.667. The van der Waals surface area contributed by atoms with Crippen LogP contribution in [0.4, 0.5) is 0 Å². The van der Waals surface area contributed by atoms with Crippen molar-refractivity contribution in [2.45, 2.75) is 31.5 Å². The molecule has 3 nitrogen and oxygen atoms in total. The second kappa shape index (κ2) is 8.58. The molecule has 0 fully saturated rings. The van der Waals surface area contributed by atoms with E-state index in [0.717, 1.165) is 38.4 Å². The highest BCUT2D eigenvalue weighted by molar-refractivity contribution is 7.80. The Morgan fingerprint density at radius 2 is 1.55 bits per heavy atom. The summed E-state index contributed by atoms with van der Waals surface area (Å²) in [6.07, 6.45) is 0. The molecule has 0 aliphatic heterocycles. The smallest absolute Gasteiger partial charge is 0.189 e. The Bertz CT molecular complexity index is 1290. The molecule has 160 valence electrons. The Hall–Kier alpha value is -2.47. The first-order valence-corrected chi connectivity index (χ1v) is 15.1. The van der Waals surface area contributed by atoms with E-state index in [1.54, 1.807) is 7.11 Å². The largest absolute Gasteiger partial charge is 0.496 e. The number of hydrogen-bond donors (Lipinski definition) is 0. The van der Waals surface area contributed by atoms with Gasteiger partial charge in [-0.2, -0.15) is 0 Å². The Balaban J connectivity index is 2.12. The molecule has 4 aromatic rings. The van der Waals surface area contributed by atoms with Gasteiger partial charge in [0, 0.05) is 11.1 Å². The third kappa shape index (κ3) is 4.05. The second-order valence-corrected chi connectivity index (χ2v) is 14.9. The molecule has 0 radical (unpaired) electrons. The molecule has 0 aliphatic rings. The molecule has 0 aromatic heterocycles. The van der Waals surface area contributed by atoms with E-state index in [-0.39, 0.29) is 0 Å². The van der Waals surface area contributed by atoms with Gasteiger partial charge in [-0.15, -0.1) is 0 Å². The van der Waals surface area contributed by atoms with Crippen LogP contribution >= 0.6 is 0 Å². The van der Waals surface area contributed by atoms with Crippen LogP contribution in [0.2, 0.25) is 19.6 Å². The first-order valence-electron chi connectivity index (χ1n) is 10.5. The average molecular weight is 449 g/mol. The van der Waals surface area contributed by atoms with Crippen molar-refractivity contribution in [3.63, 3.8) is 0 Å². The van der Waals surface area contributed by atoms with Crippen LogP contribution < -0.4 is 9.92 Å². The Morgan fingerprint density at radius 3 is 2.26 bits per heavy atom. The fraction of sp³-hybridized carbons (Fsp3) is 0.231. The molecule has 0 saturated heterocycles. The SMILES string of the molecule is CCOS(=O)c1ccc2ccccc2c1-c1c(OC)ccc2cc([Si](C)(C)C)ccc12. The molecular formula is C26H28O3SSi. The lowest BCUT2D eigenvalue weighted by atomic mass is 9.93. The van der Waals surface area contributed by atoms with E-state index in [0.29, 0.717) is 11.5 Å². The van der Waals surface area contributed by atoms with Crippen LogP contribution in [0.3, 0.4) is 0 Å². The molecule has 0 bridgehead atoms. The maximum absolute atomic E-state index is 13.1. The summed E-state index contributed by atoms with van der Waals surface area (Å²) in [6.45, 7) is 9.30. The Labute approximate surface area is 187 Å². The highest BCUT2D eigenvalue weighted by atomic mass is 32.2. The van der Waals surface area contributed by atoms with E-state index in [1.807, 2.05) is 37.3 Å². The molecule has 1 atom stereocenters. The lowest BCUT2D eigenvalue weighted by Crippen LogP contribution is -2.37. The van der Waals surface area contributed by atoms with Crippen LogP contribution in [0.5, 0.6) is 5.75 Å². The van der Waals surface area contributed by atoms with Gasteiger partial charge in [0.2, 0.25) is 0 Å². The number of hydrogen-bond acceptors (Lipinski definition) is 3. The predicted molar refractivity (Wildman–Crippen MR) is 134 cm³/mol. The summed E-state index contributed by atoms with van der Waals surface area (Å²) in [7, 11) is 0.234. The van der Waals surface area contributed by atoms with E-state index in [9.17, 15) is 4.21 Å². The monoisotopic (exact) mass is 448 g/mol. The molecule has 1 unspecified atom stereocenters. The molecule has 31 heavy (non-hydrogen) atoms. The zero-order chi connectivity index (χ0) is 22.2. The van der Waals surface area contributed by atoms with E-state index in [2.05, 4.69) is 56.0 Å². The summed E-state index contributed by atoms with van der Waals surface area (Å²) in [5, 5.41) is 5.79. The summed E-state index contributed by atoms with van der Waals surface area (Å²) in [6, 6.07) is 23.0. The first-order chi connectivity index (χ1) is 14.8. The first kappa shape index (κ1) is 21.7. The Morgan fingerprint density at radius 1 is 0.839 bits per heavy atom. The maximum Gasteiger partial charge on any atom is 0.189 e. The normalized spacial score (nSPS) is 12.9. The van der Waals surface area contributed by atoms with Gasteiger partial charge in [-0.25, -0.2) is 4.21 Å². The standard InChI is InChI=1S/C26H28O3SSi/c1-6-29-30(27)24-16-12-18-9-7-8-10-21(18)26(24)25-22-14-13-20(31(3,4)5)17-19(22)11-15-23(25)28-2/h7-17H,6H2,1-5H3. The minimum absolute atomic E-state index is 0.380. The Kier molecular flexibility index (Phi) is 6.02. The quantitative estimate of drug-likeness (QED) is 0.326. The zero-order valence-corrected chi connectivity index (χ0v) is 20.5. The van der Waals surface area contributed by atoms with Crippen molar-refractivity contribution in [1.29, 1.82) is 0 Å². The van der Waals surface area contributed by atoms with Crippen LogP contribution in [0.25, 0.3) is 32.7 Å². The molecule has 5 heteroatoms. The van der Waals surface area contributed by atoms with E-state index in [4.69, 9.17) is 8.92 Å². The summed E-state index contributed by atoms with van der Waals surface area (Å²) < 4.78 is 24.4. The van der Waals surface area contributed by atoms with Crippen LogP contribution in [0.1, 0.15) is 6.92 Å². The minimum Gasteiger partial charge on any atom is -0.496 e. The van der Waals surface area contributed by atoms with E-state index >= 15 is 0 Å². The van der Waals surface area contributed by atoms with Crippen molar-refractivity contribution in [1.82, 2.24) is 0 Å². The van der Waals surface area contributed by atoms with Gasteiger partial charge in [0.05, 0.1) is 26.7 Å². The van der Waals surface area contributed by atoms with Crippen LogP contribution in [0, 0.1) is 0 Å². The number of methoxy groups -OCH3 is 1. The molecule has 0 amide bonds. The molecule has 0 heterocycles. The van der Waals surface area contributed by atoms with Crippen LogP contribution in [-0.2, 0) is 15.3 Å². The second-order valence-electron chi connectivity index (χ2n) is 8.63. The number of benzene rings is 4. The summed E-state index contributed by atoms with van der Waals surface area (Å²) in [5.74, 6) is 0.763. The van der Waals surface area contributed by atoms with Gasteiger partial charge >= 0.3 is 0 Å². The van der Waals surface area contributed by atoms with Crippen molar-refractivity contribution < 1.29 is 13.1 Å². The van der Waals surface area contributed by atoms with E-state index < -0.39 is 19.2 Å². The van der Waals surface area contributed by atoms with E-state index in [1.165, 1.54) is 5.19 Å². The van der Waals surface area contributed by atoms with Crippen molar-refractivity contribution in [2.24, 2.45) is 0 Å². The van der Waals surface area contributed by atoms with Crippen molar-refractivity contribution in [3.05, 3.63) is 66.7 Å². The fourth-order valence-corrected chi connectivity index (χ4v) is 6.09. The molecule has 0 N–H and O–H groups in total. The number of rotatable bonds is 6. The molecule has 0 saturated carbocycles.